The summed E-state index contributed by atoms with van der Waals surface area (Å²) >= 11 is -0.913. The summed E-state index contributed by atoms with van der Waals surface area (Å²) in [6, 6.07) is 22.0. The fraction of sp³-hybridized carbons (Fsp3) is 0.462. The molecule has 0 radical (unpaired) electrons. The molecule has 1 heterocycles. The Labute approximate surface area is 194 Å². The second kappa shape index (κ2) is 11.9. The van der Waals surface area contributed by atoms with Crippen LogP contribution in [0.3, 0.4) is 0 Å². The molecule has 32 heavy (non-hydrogen) atoms. The molecule has 2 unspecified atom stereocenters. The number of nitriles is 2. The number of piperidine rings is 1. The Bertz CT molecular complexity index is 913. The smallest absolute Gasteiger partial charge is 0.119 e. The van der Waals surface area contributed by atoms with Gasteiger partial charge in [0.05, 0.1) is 36.0 Å². The van der Waals surface area contributed by atoms with E-state index in [1.807, 2.05) is 30.3 Å². The molecule has 1 aliphatic heterocycles. The third-order valence-corrected chi connectivity index (χ3v) is 7.21. The van der Waals surface area contributed by atoms with Crippen molar-refractivity contribution < 1.29 is 9.29 Å². The fourth-order valence-corrected chi connectivity index (χ4v) is 5.20. The molecule has 0 N–H and O–H groups in total. The summed E-state index contributed by atoms with van der Waals surface area (Å²) in [5.41, 5.74) is 1.12. The average Bonchev–Trinajstić information content (AvgIpc) is 2.84. The number of hydrogen-bond acceptors (Lipinski definition) is 5. The molecular weight excluding hydrogens is 418 g/mol. The van der Waals surface area contributed by atoms with Gasteiger partial charge in [0.1, 0.15) is 11.5 Å². The van der Waals surface area contributed by atoms with Gasteiger partial charge in [-0.15, -0.1) is 0 Å². The van der Waals surface area contributed by atoms with Crippen LogP contribution in [-0.2, 0) is 16.6 Å². The van der Waals surface area contributed by atoms with E-state index < -0.39 is 16.6 Å². The summed E-state index contributed by atoms with van der Waals surface area (Å²) < 4.78 is 17.6. The number of ether oxygens (including phenoxy) is 1. The maximum Gasteiger partial charge on any atom is 0.119 e. The Kier molecular flexibility index (Phi) is 9.00. The van der Waals surface area contributed by atoms with Gasteiger partial charge < -0.3 is 14.2 Å². The molecule has 0 aromatic heterocycles. The number of likely N-dealkylation sites (tertiary alicyclic amines) is 1. The SMILES string of the molecule is C[S+]([O-])CCC(C#N)(c1ccccc1)C1CCN(CCCOc2ccc(C#N)cc2)CC1. The van der Waals surface area contributed by atoms with Crippen molar-refractivity contribution in [3.63, 3.8) is 0 Å². The molecule has 2 aromatic rings. The highest BCUT2D eigenvalue weighted by atomic mass is 32.2. The number of nitrogens with zero attached hydrogens (tertiary/aromatic N) is 3. The molecule has 1 aliphatic rings. The van der Waals surface area contributed by atoms with Gasteiger partial charge in [0.2, 0.25) is 0 Å². The summed E-state index contributed by atoms with van der Waals surface area (Å²) in [7, 11) is 0. The van der Waals surface area contributed by atoms with E-state index in [2.05, 4.69) is 29.2 Å². The van der Waals surface area contributed by atoms with Gasteiger partial charge in [-0.25, -0.2) is 0 Å². The second-order valence-electron chi connectivity index (χ2n) is 8.43. The predicted octanol–water partition coefficient (Wildman–Crippen LogP) is 4.27. The van der Waals surface area contributed by atoms with E-state index in [9.17, 15) is 9.81 Å². The summed E-state index contributed by atoms with van der Waals surface area (Å²) in [4.78, 5) is 2.45. The van der Waals surface area contributed by atoms with Gasteiger partial charge in [0.25, 0.3) is 0 Å². The lowest BCUT2D eigenvalue weighted by molar-refractivity contribution is 0.138. The normalized spacial score (nSPS) is 17.6. The van der Waals surface area contributed by atoms with Crippen molar-refractivity contribution in [1.29, 1.82) is 10.5 Å². The molecule has 2 aromatic carbocycles. The fourth-order valence-electron chi connectivity index (χ4n) is 4.59. The van der Waals surface area contributed by atoms with Crippen LogP contribution in [0, 0.1) is 28.6 Å². The maximum atomic E-state index is 11.8. The standard InChI is InChI=1S/C26H31N3O2S/c1-32(30)19-14-26(21-28,23-6-3-2-4-7-23)24-12-16-29(17-13-24)15-5-18-31-25-10-8-22(20-27)9-11-25/h2-4,6-11,24H,5,12-19H2,1H3. The van der Waals surface area contributed by atoms with Crippen LogP contribution < -0.4 is 4.74 Å². The van der Waals surface area contributed by atoms with Gasteiger partial charge in [-0.05, 0) is 68.1 Å². The van der Waals surface area contributed by atoms with Crippen LogP contribution in [0.5, 0.6) is 5.75 Å². The summed E-state index contributed by atoms with van der Waals surface area (Å²) in [5.74, 6) is 1.61. The van der Waals surface area contributed by atoms with Crippen LogP contribution in [0.4, 0.5) is 0 Å². The molecule has 1 saturated heterocycles. The topological polar surface area (TPSA) is 83.1 Å². The Morgan fingerprint density at radius 2 is 1.78 bits per heavy atom. The first-order chi connectivity index (χ1) is 15.6. The highest BCUT2D eigenvalue weighted by Gasteiger charge is 2.42. The molecule has 168 valence electrons. The van der Waals surface area contributed by atoms with Gasteiger partial charge in [-0.1, -0.05) is 41.5 Å². The first-order valence-corrected chi connectivity index (χ1v) is 12.9. The average molecular weight is 450 g/mol. The molecule has 5 nitrogen and oxygen atoms in total. The molecule has 6 heteroatoms. The van der Waals surface area contributed by atoms with Crippen molar-refractivity contribution in [3.8, 4) is 17.9 Å². The Morgan fingerprint density at radius 3 is 2.38 bits per heavy atom. The predicted molar refractivity (Wildman–Crippen MR) is 128 cm³/mol. The summed E-state index contributed by atoms with van der Waals surface area (Å²) in [5, 5.41) is 19.1. The molecular formula is C26H31N3O2S. The Hall–Kier alpha value is -2.51. The van der Waals surface area contributed by atoms with E-state index >= 15 is 0 Å². The number of rotatable bonds is 10. The van der Waals surface area contributed by atoms with Gasteiger partial charge in [-0.3, -0.25) is 0 Å². The van der Waals surface area contributed by atoms with Crippen molar-refractivity contribution in [1.82, 2.24) is 4.90 Å². The second-order valence-corrected chi connectivity index (χ2v) is 9.99. The van der Waals surface area contributed by atoms with Crippen LogP contribution in [0.25, 0.3) is 0 Å². The van der Waals surface area contributed by atoms with E-state index in [0.717, 1.165) is 50.2 Å². The monoisotopic (exact) mass is 449 g/mol. The molecule has 1 fully saturated rings. The Balaban J connectivity index is 1.52. The van der Waals surface area contributed by atoms with E-state index in [1.54, 1.807) is 18.4 Å². The zero-order chi connectivity index (χ0) is 22.8. The van der Waals surface area contributed by atoms with E-state index in [0.29, 0.717) is 24.3 Å². The minimum absolute atomic E-state index is 0.268. The van der Waals surface area contributed by atoms with Crippen LogP contribution in [0.2, 0.25) is 0 Å². The zero-order valence-corrected chi connectivity index (χ0v) is 19.5. The zero-order valence-electron chi connectivity index (χ0n) is 18.7. The highest BCUT2D eigenvalue weighted by molar-refractivity contribution is 7.90. The lowest BCUT2D eigenvalue weighted by Crippen LogP contribution is -2.44. The maximum absolute atomic E-state index is 11.8. The minimum Gasteiger partial charge on any atom is -0.617 e. The van der Waals surface area contributed by atoms with Crippen molar-refractivity contribution in [2.75, 3.05) is 38.2 Å². The van der Waals surface area contributed by atoms with Gasteiger partial charge in [0.15, 0.2) is 0 Å². The van der Waals surface area contributed by atoms with Crippen LogP contribution in [0.1, 0.15) is 36.8 Å². The quantitative estimate of drug-likeness (QED) is 0.400. The Morgan fingerprint density at radius 1 is 1.09 bits per heavy atom. The molecule has 3 rings (SSSR count). The first kappa shape index (κ1) is 24.1. The van der Waals surface area contributed by atoms with Crippen LogP contribution in [-0.4, -0.2) is 47.7 Å². The molecule has 0 bridgehead atoms. The lowest BCUT2D eigenvalue weighted by atomic mass is 9.66. The third-order valence-electron chi connectivity index (χ3n) is 6.43. The van der Waals surface area contributed by atoms with Crippen LogP contribution >= 0.6 is 0 Å². The van der Waals surface area contributed by atoms with E-state index in [4.69, 9.17) is 10.00 Å². The number of benzene rings is 2. The summed E-state index contributed by atoms with van der Waals surface area (Å²) in [6.45, 7) is 3.53. The summed E-state index contributed by atoms with van der Waals surface area (Å²) in [6.07, 6.45) is 5.22. The molecule has 0 saturated carbocycles. The van der Waals surface area contributed by atoms with Crippen molar-refractivity contribution in [2.24, 2.45) is 5.92 Å². The van der Waals surface area contributed by atoms with Crippen molar-refractivity contribution in [3.05, 3.63) is 65.7 Å². The van der Waals surface area contributed by atoms with E-state index in [-0.39, 0.29) is 5.92 Å². The third kappa shape index (κ3) is 6.26. The molecule has 0 spiro atoms. The highest BCUT2D eigenvalue weighted by Crippen LogP contribution is 2.41. The van der Waals surface area contributed by atoms with E-state index in [1.165, 1.54) is 0 Å². The van der Waals surface area contributed by atoms with Gasteiger partial charge in [0, 0.05) is 13.0 Å². The lowest BCUT2D eigenvalue weighted by Gasteiger charge is -2.41. The number of hydrogen-bond donors (Lipinski definition) is 0. The molecule has 0 aliphatic carbocycles. The van der Waals surface area contributed by atoms with Gasteiger partial charge in [-0.2, -0.15) is 10.5 Å². The van der Waals surface area contributed by atoms with Crippen LogP contribution in [0.15, 0.2) is 54.6 Å². The van der Waals surface area contributed by atoms with Crippen molar-refractivity contribution in [2.45, 2.75) is 31.1 Å². The molecule has 2 atom stereocenters. The minimum atomic E-state index is -0.913. The largest absolute Gasteiger partial charge is 0.617 e. The van der Waals surface area contributed by atoms with Gasteiger partial charge >= 0.3 is 0 Å². The van der Waals surface area contributed by atoms with Crippen molar-refractivity contribution >= 4 is 11.2 Å². The first-order valence-electron chi connectivity index (χ1n) is 11.2. The molecule has 0 amide bonds.